The molecule has 1 saturated heterocycles. The zero-order valence-electron chi connectivity index (χ0n) is 8.89. The highest BCUT2D eigenvalue weighted by Crippen LogP contribution is 2.15. The minimum absolute atomic E-state index is 0.316. The average molecular weight is 206 g/mol. The lowest BCUT2D eigenvalue weighted by molar-refractivity contribution is 0.201. The monoisotopic (exact) mass is 206 g/mol. The van der Waals surface area contributed by atoms with E-state index in [-0.39, 0.29) is 0 Å². The van der Waals surface area contributed by atoms with Crippen LogP contribution in [0.5, 0.6) is 5.75 Å². The average Bonchev–Trinajstić information content (AvgIpc) is 2.17. The molecule has 0 spiro atoms. The molecule has 15 heavy (non-hydrogen) atoms. The Labute approximate surface area is 90.5 Å². The van der Waals surface area contributed by atoms with Crippen LogP contribution in [0.3, 0.4) is 0 Å². The van der Waals surface area contributed by atoms with Crippen LogP contribution in [0.4, 0.5) is 0 Å². The Morgan fingerprint density at radius 1 is 1.47 bits per heavy atom. The van der Waals surface area contributed by atoms with E-state index in [1.165, 1.54) is 6.42 Å². The van der Waals surface area contributed by atoms with Crippen molar-refractivity contribution in [1.82, 2.24) is 4.90 Å². The first-order chi connectivity index (χ1) is 7.24. The second-order valence-corrected chi connectivity index (χ2v) is 4.31. The first-order valence-electron chi connectivity index (χ1n) is 5.50. The quantitative estimate of drug-likeness (QED) is 0.767. The van der Waals surface area contributed by atoms with Gasteiger partial charge in [-0.1, -0.05) is 12.1 Å². The molecule has 0 saturated carbocycles. The van der Waals surface area contributed by atoms with Crippen LogP contribution in [-0.2, 0) is 6.54 Å². The number of aromatic hydroxyl groups is 1. The van der Waals surface area contributed by atoms with Gasteiger partial charge in [-0.2, -0.15) is 0 Å². The summed E-state index contributed by atoms with van der Waals surface area (Å²) in [7, 11) is 0. The van der Waals surface area contributed by atoms with Gasteiger partial charge < -0.3 is 10.8 Å². The van der Waals surface area contributed by atoms with Crippen LogP contribution in [0.2, 0.25) is 0 Å². The summed E-state index contributed by atoms with van der Waals surface area (Å²) in [6.45, 7) is 2.97. The van der Waals surface area contributed by atoms with Gasteiger partial charge in [-0.05, 0) is 37.1 Å². The minimum atomic E-state index is 0.316. The summed E-state index contributed by atoms with van der Waals surface area (Å²) in [5.41, 5.74) is 7.07. The van der Waals surface area contributed by atoms with E-state index in [1.807, 2.05) is 18.2 Å². The maximum atomic E-state index is 9.35. The van der Waals surface area contributed by atoms with E-state index in [1.54, 1.807) is 6.07 Å². The van der Waals surface area contributed by atoms with E-state index in [2.05, 4.69) is 4.90 Å². The van der Waals surface area contributed by atoms with Gasteiger partial charge in [0.05, 0.1) is 0 Å². The number of likely N-dealkylation sites (tertiary alicyclic amines) is 1. The summed E-state index contributed by atoms with van der Waals surface area (Å²) in [5, 5.41) is 9.35. The summed E-state index contributed by atoms with van der Waals surface area (Å²) in [4.78, 5) is 2.35. The van der Waals surface area contributed by atoms with E-state index in [0.717, 1.165) is 31.6 Å². The molecule has 1 aliphatic rings. The van der Waals surface area contributed by atoms with Gasteiger partial charge in [-0.3, -0.25) is 4.90 Å². The fraction of sp³-hybridized carbons (Fsp3) is 0.500. The Balaban J connectivity index is 1.96. The summed E-state index contributed by atoms with van der Waals surface area (Å²) < 4.78 is 0. The molecule has 3 N–H and O–H groups in total. The lowest BCUT2D eigenvalue weighted by atomic mass is 10.1. The molecule has 1 heterocycles. The molecule has 1 fully saturated rings. The smallest absolute Gasteiger partial charge is 0.115 e. The molecule has 1 aliphatic heterocycles. The molecule has 2 rings (SSSR count). The predicted molar refractivity (Wildman–Crippen MR) is 60.6 cm³/mol. The topological polar surface area (TPSA) is 49.5 Å². The molecule has 82 valence electrons. The fourth-order valence-corrected chi connectivity index (χ4v) is 2.15. The number of hydrogen-bond donors (Lipinski definition) is 2. The molecule has 1 atom stereocenters. The molecule has 0 unspecified atom stereocenters. The number of nitrogens with zero attached hydrogens (tertiary/aromatic N) is 1. The van der Waals surface area contributed by atoms with Crippen molar-refractivity contribution in [2.24, 2.45) is 5.73 Å². The van der Waals surface area contributed by atoms with Crippen molar-refractivity contribution in [2.45, 2.75) is 25.4 Å². The lowest BCUT2D eigenvalue weighted by Crippen LogP contribution is -2.42. The molecule has 0 radical (unpaired) electrons. The van der Waals surface area contributed by atoms with E-state index in [4.69, 9.17) is 5.73 Å². The predicted octanol–water partition coefficient (Wildman–Crippen LogP) is 1.32. The third-order valence-corrected chi connectivity index (χ3v) is 2.86. The van der Waals surface area contributed by atoms with Gasteiger partial charge in [0.25, 0.3) is 0 Å². The summed E-state index contributed by atoms with van der Waals surface area (Å²) >= 11 is 0. The molecule has 0 bridgehead atoms. The van der Waals surface area contributed by atoms with Crippen molar-refractivity contribution in [1.29, 1.82) is 0 Å². The van der Waals surface area contributed by atoms with Crippen LogP contribution in [0, 0.1) is 0 Å². The van der Waals surface area contributed by atoms with E-state index in [9.17, 15) is 5.11 Å². The third-order valence-electron chi connectivity index (χ3n) is 2.86. The number of benzene rings is 1. The van der Waals surface area contributed by atoms with Crippen molar-refractivity contribution in [3.8, 4) is 5.75 Å². The summed E-state index contributed by atoms with van der Waals surface area (Å²) in [6, 6.07) is 7.76. The molecular weight excluding hydrogens is 188 g/mol. The molecule has 3 heteroatoms. The van der Waals surface area contributed by atoms with Crippen molar-refractivity contribution in [2.75, 3.05) is 13.1 Å². The number of nitrogens with two attached hydrogens (primary N) is 1. The number of hydrogen-bond acceptors (Lipinski definition) is 3. The number of piperidine rings is 1. The van der Waals surface area contributed by atoms with Gasteiger partial charge in [0.1, 0.15) is 5.75 Å². The van der Waals surface area contributed by atoms with Crippen LogP contribution in [0.25, 0.3) is 0 Å². The van der Waals surface area contributed by atoms with Crippen molar-refractivity contribution in [3.05, 3.63) is 29.8 Å². The second-order valence-electron chi connectivity index (χ2n) is 4.31. The molecule has 0 amide bonds. The van der Waals surface area contributed by atoms with Crippen LogP contribution in [0.15, 0.2) is 24.3 Å². The van der Waals surface area contributed by atoms with Crippen LogP contribution >= 0.6 is 0 Å². The lowest BCUT2D eigenvalue weighted by Gasteiger charge is -2.30. The number of rotatable bonds is 2. The maximum absolute atomic E-state index is 9.35. The van der Waals surface area contributed by atoms with Gasteiger partial charge in [0, 0.05) is 19.1 Å². The normalized spacial score (nSPS) is 22.9. The Kier molecular flexibility index (Phi) is 3.23. The molecule has 3 nitrogen and oxygen atoms in total. The van der Waals surface area contributed by atoms with Crippen molar-refractivity contribution >= 4 is 0 Å². The maximum Gasteiger partial charge on any atom is 0.115 e. The van der Waals surface area contributed by atoms with E-state index < -0.39 is 0 Å². The highest BCUT2D eigenvalue weighted by Gasteiger charge is 2.16. The highest BCUT2D eigenvalue weighted by molar-refractivity contribution is 5.27. The Morgan fingerprint density at radius 2 is 2.33 bits per heavy atom. The molecule has 1 aromatic rings. The largest absolute Gasteiger partial charge is 0.508 e. The van der Waals surface area contributed by atoms with Gasteiger partial charge in [-0.15, -0.1) is 0 Å². The van der Waals surface area contributed by atoms with Crippen LogP contribution < -0.4 is 5.73 Å². The highest BCUT2D eigenvalue weighted by atomic mass is 16.3. The third kappa shape index (κ3) is 2.94. The first kappa shape index (κ1) is 10.5. The summed E-state index contributed by atoms with van der Waals surface area (Å²) in [6.07, 6.45) is 2.32. The molecule has 0 aromatic heterocycles. The minimum Gasteiger partial charge on any atom is -0.508 e. The molecular formula is C12H18N2O. The van der Waals surface area contributed by atoms with Crippen LogP contribution in [-0.4, -0.2) is 29.1 Å². The number of phenols is 1. The van der Waals surface area contributed by atoms with Gasteiger partial charge in [-0.25, -0.2) is 0 Å². The summed E-state index contributed by atoms with van der Waals surface area (Å²) in [5.74, 6) is 0.341. The van der Waals surface area contributed by atoms with Crippen molar-refractivity contribution < 1.29 is 5.11 Å². The van der Waals surface area contributed by atoms with E-state index >= 15 is 0 Å². The zero-order valence-corrected chi connectivity index (χ0v) is 8.89. The Morgan fingerprint density at radius 3 is 3.07 bits per heavy atom. The number of phenolic OH excluding ortho intramolecular Hbond substituents is 1. The first-order valence-corrected chi connectivity index (χ1v) is 5.50. The standard InChI is InChI=1S/C12H18N2O/c13-11-4-2-6-14(9-11)8-10-3-1-5-12(15)7-10/h1,3,5,7,11,15H,2,4,6,8-9,13H2/t11-/m1/s1. The zero-order chi connectivity index (χ0) is 10.7. The Hall–Kier alpha value is -1.06. The van der Waals surface area contributed by atoms with Gasteiger partial charge >= 0.3 is 0 Å². The van der Waals surface area contributed by atoms with Crippen LogP contribution in [0.1, 0.15) is 18.4 Å². The van der Waals surface area contributed by atoms with Gasteiger partial charge in [0.2, 0.25) is 0 Å². The fourth-order valence-electron chi connectivity index (χ4n) is 2.15. The molecule has 0 aliphatic carbocycles. The van der Waals surface area contributed by atoms with E-state index in [0.29, 0.717) is 11.8 Å². The second kappa shape index (κ2) is 4.64. The van der Waals surface area contributed by atoms with Crippen molar-refractivity contribution in [3.63, 3.8) is 0 Å². The molecule has 1 aromatic carbocycles. The SMILES string of the molecule is N[C@@H]1CCCN(Cc2cccc(O)c2)C1. The Bertz CT molecular complexity index is 327. The van der Waals surface area contributed by atoms with Gasteiger partial charge in [0.15, 0.2) is 0 Å².